The van der Waals surface area contributed by atoms with E-state index in [1.54, 1.807) is 4.90 Å². The first-order chi connectivity index (χ1) is 7.11. The lowest BCUT2D eigenvalue weighted by Gasteiger charge is -2.28. The van der Waals surface area contributed by atoms with Crippen molar-refractivity contribution in [1.29, 1.82) is 0 Å². The summed E-state index contributed by atoms with van der Waals surface area (Å²) in [6, 6.07) is -0.654. The lowest BCUT2D eigenvalue weighted by atomic mass is 10.1. The normalized spacial score (nSPS) is 18.6. The molecule has 0 spiro atoms. The number of nitrogens with zero attached hydrogens (tertiary/aromatic N) is 1. The van der Waals surface area contributed by atoms with Gasteiger partial charge in [-0.25, -0.2) is 0 Å². The number of amides is 1. The summed E-state index contributed by atoms with van der Waals surface area (Å²) in [7, 11) is 0. The largest absolute Gasteiger partial charge is 0.481 e. The average Bonchev–Trinajstić information content (AvgIpc) is 2.26. The minimum atomic E-state index is -0.906. The van der Waals surface area contributed by atoms with Gasteiger partial charge in [0.15, 0.2) is 0 Å². The number of carboxylic acid groups (broad SMARTS) is 1. The van der Waals surface area contributed by atoms with Gasteiger partial charge in [-0.2, -0.15) is 0 Å². The van der Waals surface area contributed by atoms with Crippen molar-refractivity contribution >= 4 is 11.9 Å². The van der Waals surface area contributed by atoms with Crippen molar-refractivity contribution in [2.75, 3.05) is 13.1 Å². The molecule has 1 atom stereocenters. The van der Waals surface area contributed by atoms with Crippen LogP contribution >= 0.6 is 0 Å². The number of rotatable bonds is 4. The lowest BCUT2D eigenvalue weighted by Crippen LogP contribution is -2.46. The molecule has 1 saturated heterocycles. The summed E-state index contributed by atoms with van der Waals surface area (Å²) in [5.41, 5.74) is 5.64. The lowest BCUT2D eigenvalue weighted by molar-refractivity contribution is -0.137. The van der Waals surface area contributed by atoms with E-state index in [1.807, 2.05) is 0 Å². The number of piperidine rings is 1. The second-order valence-corrected chi connectivity index (χ2v) is 3.92. The quantitative estimate of drug-likeness (QED) is 0.699. The van der Waals surface area contributed by atoms with Crippen molar-refractivity contribution in [2.45, 2.75) is 38.1 Å². The Kier molecular flexibility index (Phi) is 4.55. The molecule has 0 aliphatic carbocycles. The molecule has 1 aliphatic heterocycles. The maximum Gasteiger partial charge on any atom is 0.303 e. The Labute approximate surface area is 89.2 Å². The van der Waals surface area contributed by atoms with E-state index in [1.165, 1.54) is 0 Å². The molecule has 1 aliphatic rings. The topological polar surface area (TPSA) is 83.6 Å². The zero-order valence-corrected chi connectivity index (χ0v) is 8.82. The van der Waals surface area contributed by atoms with E-state index in [2.05, 4.69) is 0 Å². The van der Waals surface area contributed by atoms with Gasteiger partial charge in [0.25, 0.3) is 0 Å². The van der Waals surface area contributed by atoms with Crippen LogP contribution in [0.15, 0.2) is 0 Å². The molecular weight excluding hydrogens is 196 g/mol. The SMILES string of the molecule is NC(CCC(=O)O)C(=O)N1CCCCC1. The van der Waals surface area contributed by atoms with Crippen molar-refractivity contribution in [3.8, 4) is 0 Å². The fourth-order valence-corrected chi connectivity index (χ4v) is 1.75. The Morgan fingerprint density at radius 1 is 1.27 bits per heavy atom. The van der Waals surface area contributed by atoms with E-state index in [9.17, 15) is 9.59 Å². The molecule has 1 heterocycles. The van der Waals surface area contributed by atoms with Crippen LogP contribution in [0.5, 0.6) is 0 Å². The van der Waals surface area contributed by atoms with Crippen LogP contribution in [0.2, 0.25) is 0 Å². The van der Waals surface area contributed by atoms with E-state index < -0.39 is 12.0 Å². The van der Waals surface area contributed by atoms with Crippen LogP contribution < -0.4 is 5.73 Å². The first-order valence-corrected chi connectivity index (χ1v) is 5.37. The number of carboxylic acids is 1. The Morgan fingerprint density at radius 2 is 1.87 bits per heavy atom. The average molecular weight is 214 g/mol. The van der Waals surface area contributed by atoms with Crippen molar-refractivity contribution in [3.05, 3.63) is 0 Å². The van der Waals surface area contributed by atoms with E-state index >= 15 is 0 Å². The standard InChI is InChI=1S/C10H18N2O3/c11-8(4-5-9(13)14)10(15)12-6-2-1-3-7-12/h8H,1-7,11H2,(H,13,14). The molecule has 1 unspecified atom stereocenters. The maximum atomic E-state index is 11.7. The van der Waals surface area contributed by atoms with Crippen molar-refractivity contribution < 1.29 is 14.7 Å². The minimum absolute atomic E-state index is 0.0409. The highest BCUT2D eigenvalue weighted by molar-refractivity contribution is 5.82. The van der Waals surface area contributed by atoms with Crippen LogP contribution in [0.3, 0.4) is 0 Å². The number of aliphatic carboxylic acids is 1. The predicted octanol–water partition coefficient (Wildman–Crippen LogP) is 0.191. The van der Waals surface area contributed by atoms with Crippen LogP contribution in [0.1, 0.15) is 32.1 Å². The van der Waals surface area contributed by atoms with Gasteiger partial charge in [-0.3, -0.25) is 9.59 Å². The molecule has 0 aromatic carbocycles. The van der Waals surface area contributed by atoms with Crippen LogP contribution in [0.4, 0.5) is 0 Å². The number of hydrogen-bond donors (Lipinski definition) is 2. The van der Waals surface area contributed by atoms with Gasteiger partial charge in [-0.05, 0) is 25.7 Å². The minimum Gasteiger partial charge on any atom is -0.481 e. The number of carbonyl (C=O) groups excluding carboxylic acids is 1. The molecule has 0 saturated carbocycles. The number of nitrogens with two attached hydrogens (primary N) is 1. The summed E-state index contributed by atoms with van der Waals surface area (Å²) in [4.78, 5) is 23.8. The fourth-order valence-electron chi connectivity index (χ4n) is 1.75. The first-order valence-electron chi connectivity index (χ1n) is 5.37. The second kappa shape index (κ2) is 5.70. The van der Waals surface area contributed by atoms with Crippen LogP contribution in [0, 0.1) is 0 Å². The number of carbonyl (C=O) groups is 2. The van der Waals surface area contributed by atoms with Gasteiger partial charge in [-0.15, -0.1) is 0 Å². The summed E-state index contributed by atoms with van der Waals surface area (Å²) in [5, 5.41) is 8.47. The molecule has 5 heteroatoms. The van der Waals surface area contributed by atoms with Crippen molar-refractivity contribution in [3.63, 3.8) is 0 Å². The second-order valence-electron chi connectivity index (χ2n) is 3.92. The molecule has 0 aromatic heterocycles. The molecule has 1 amide bonds. The Balaban J connectivity index is 2.33. The van der Waals surface area contributed by atoms with E-state index in [0.717, 1.165) is 32.4 Å². The number of likely N-dealkylation sites (tertiary alicyclic amines) is 1. The van der Waals surface area contributed by atoms with Crippen molar-refractivity contribution in [2.24, 2.45) is 5.73 Å². The van der Waals surface area contributed by atoms with E-state index in [-0.39, 0.29) is 18.7 Å². The maximum absolute atomic E-state index is 11.7. The Morgan fingerprint density at radius 3 is 2.40 bits per heavy atom. The summed E-state index contributed by atoms with van der Waals surface area (Å²) in [5.74, 6) is -1.01. The molecule has 86 valence electrons. The molecule has 1 rings (SSSR count). The molecular formula is C10H18N2O3. The van der Waals surface area contributed by atoms with Gasteiger partial charge in [0.1, 0.15) is 0 Å². The molecule has 5 nitrogen and oxygen atoms in total. The third kappa shape index (κ3) is 3.87. The van der Waals surface area contributed by atoms with Crippen molar-refractivity contribution in [1.82, 2.24) is 4.90 Å². The van der Waals surface area contributed by atoms with Gasteiger partial charge in [-0.1, -0.05) is 0 Å². The summed E-state index contributed by atoms with van der Waals surface area (Å²) < 4.78 is 0. The summed E-state index contributed by atoms with van der Waals surface area (Å²) in [6.07, 6.45) is 3.40. The van der Waals surface area contributed by atoms with Crippen LogP contribution in [0.25, 0.3) is 0 Å². The predicted molar refractivity (Wildman–Crippen MR) is 55.3 cm³/mol. The third-order valence-electron chi connectivity index (χ3n) is 2.65. The monoisotopic (exact) mass is 214 g/mol. The molecule has 0 radical (unpaired) electrons. The summed E-state index contributed by atoms with van der Waals surface area (Å²) in [6.45, 7) is 1.53. The first kappa shape index (κ1) is 12.0. The van der Waals surface area contributed by atoms with Gasteiger partial charge in [0, 0.05) is 19.5 Å². The molecule has 1 fully saturated rings. The van der Waals surface area contributed by atoms with E-state index in [4.69, 9.17) is 10.8 Å². The van der Waals surface area contributed by atoms with Gasteiger partial charge in [0.05, 0.1) is 6.04 Å². The van der Waals surface area contributed by atoms with Gasteiger partial charge < -0.3 is 15.7 Å². The Bertz CT molecular complexity index is 237. The Hall–Kier alpha value is -1.10. The van der Waals surface area contributed by atoms with Crippen LogP contribution in [-0.4, -0.2) is 41.0 Å². The van der Waals surface area contributed by atoms with Gasteiger partial charge in [0.2, 0.25) is 5.91 Å². The van der Waals surface area contributed by atoms with E-state index in [0.29, 0.717) is 0 Å². The molecule has 3 N–H and O–H groups in total. The third-order valence-corrected chi connectivity index (χ3v) is 2.65. The van der Waals surface area contributed by atoms with Crippen LogP contribution in [-0.2, 0) is 9.59 Å². The van der Waals surface area contributed by atoms with Gasteiger partial charge >= 0.3 is 5.97 Å². The molecule has 15 heavy (non-hydrogen) atoms. The summed E-state index contributed by atoms with van der Waals surface area (Å²) >= 11 is 0. The highest BCUT2D eigenvalue weighted by Crippen LogP contribution is 2.10. The zero-order valence-electron chi connectivity index (χ0n) is 8.82. The highest BCUT2D eigenvalue weighted by Gasteiger charge is 2.22. The molecule has 0 bridgehead atoms. The number of hydrogen-bond acceptors (Lipinski definition) is 3. The smallest absolute Gasteiger partial charge is 0.303 e. The highest BCUT2D eigenvalue weighted by atomic mass is 16.4. The fraction of sp³-hybridized carbons (Fsp3) is 0.800. The zero-order chi connectivity index (χ0) is 11.3. The molecule has 0 aromatic rings.